The van der Waals surface area contributed by atoms with Crippen molar-refractivity contribution in [2.24, 2.45) is 5.92 Å². The van der Waals surface area contributed by atoms with Crippen LogP contribution in [0.15, 0.2) is 18.2 Å². The lowest BCUT2D eigenvalue weighted by atomic mass is 9.97. The third kappa shape index (κ3) is 4.11. The molecule has 2 N–H and O–H groups in total. The standard InChI is InChI=1S/C16H25ClN2O/c1-2-7-18-11-14-10-15(17)3-4-16(14)19-8-5-13(12-20)6-9-19/h3-4,10,13,18,20H,2,5-9,11-12H2,1H3. The number of rotatable bonds is 6. The van der Waals surface area contributed by atoms with E-state index in [4.69, 9.17) is 11.6 Å². The van der Waals surface area contributed by atoms with E-state index in [1.165, 1.54) is 11.3 Å². The number of nitrogens with zero attached hydrogens (tertiary/aromatic N) is 1. The summed E-state index contributed by atoms with van der Waals surface area (Å²) in [6.45, 7) is 6.42. The lowest BCUT2D eigenvalue weighted by molar-refractivity contribution is 0.203. The van der Waals surface area contributed by atoms with Gasteiger partial charge in [0.05, 0.1) is 0 Å². The molecule has 1 fully saturated rings. The molecule has 0 aromatic heterocycles. The van der Waals surface area contributed by atoms with E-state index in [2.05, 4.69) is 29.3 Å². The van der Waals surface area contributed by atoms with Crippen molar-refractivity contribution in [1.82, 2.24) is 5.32 Å². The van der Waals surface area contributed by atoms with Crippen molar-refractivity contribution < 1.29 is 5.11 Å². The molecule has 0 atom stereocenters. The van der Waals surface area contributed by atoms with Crippen molar-refractivity contribution in [3.63, 3.8) is 0 Å². The lowest BCUT2D eigenvalue weighted by Gasteiger charge is -2.34. The normalized spacial score (nSPS) is 16.6. The molecule has 3 nitrogen and oxygen atoms in total. The Balaban J connectivity index is 2.06. The number of halogens is 1. The third-order valence-corrected chi connectivity index (χ3v) is 4.23. The van der Waals surface area contributed by atoms with Gasteiger partial charge in [-0.3, -0.25) is 0 Å². The molecule has 0 amide bonds. The number of anilines is 1. The van der Waals surface area contributed by atoms with Gasteiger partial charge >= 0.3 is 0 Å². The molecule has 1 heterocycles. The zero-order valence-electron chi connectivity index (χ0n) is 12.2. The Morgan fingerprint density at radius 1 is 1.35 bits per heavy atom. The quantitative estimate of drug-likeness (QED) is 0.792. The molecule has 1 aromatic rings. The van der Waals surface area contributed by atoms with E-state index in [1.54, 1.807) is 0 Å². The number of hydrogen-bond donors (Lipinski definition) is 2. The maximum Gasteiger partial charge on any atom is 0.0460 e. The van der Waals surface area contributed by atoms with Crippen LogP contribution in [0.25, 0.3) is 0 Å². The van der Waals surface area contributed by atoms with Gasteiger partial charge in [0.25, 0.3) is 0 Å². The summed E-state index contributed by atoms with van der Waals surface area (Å²) in [7, 11) is 0. The van der Waals surface area contributed by atoms with Gasteiger partial charge < -0.3 is 15.3 Å². The monoisotopic (exact) mass is 296 g/mol. The molecule has 0 aliphatic carbocycles. The molecular formula is C16H25ClN2O. The third-order valence-electron chi connectivity index (χ3n) is 4.00. The summed E-state index contributed by atoms with van der Waals surface area (Å²) in [5, 5.41) is 13.5. The van der Waals surface area contributed by atoms with E-state index in [0.717, 1.165) is 50.5 Å². The maximum absolute atomic E-state index is 9.24. The summed E-state index contributed by atoms with van der Waals surface area (Å²) in [5.41, 5.74) is 2.56. The van der Waals surface area contributed by atoms with E-state index in [0.29, 0.717) is 12.5 Å². The Morgan fingerprint density at radius 2 is 2.10 bits per heavy atom. The number of hydrogen-bond acceptors (Lipinski definition) is 3. The average Bonchev–Trinajstić information content (AvgIpc) is 2.48. The Labute approximate surface area is 126 Å². The number of aliphatic hydroxyl groups excluding tert-OH is 1. The van der Waals surface area contributed by atoms with Gasteiger partial charge in [0.1, 0.15) is 0 Å². The Morgan fingerprint density at radius 3 is 2.75 bits per heavy atom. The van der Waals surface area contributed by atoms with Crippen molar-refractivity contribution in [3.8, 4) is 0 Å². The molecule has 1 aromatic carbocycles. The van der Waals surface area contributed by atoms with Gasteiger partial charge in [0, 0.05) is 37.0 Å². The number of aliphatic hydroxyl groups is 1. The molecule has 0 saturated carbocycles. The van der Waals surface area contributed by atoms with Crippen LogP contribution in [0.4, 0.5) is 5.69 Å². The average molecular weight is 297 g/mol. The predicted molar refractivity (Wildman–Crippen MR) is 85.5 cm³/mol. The molecule has 0 unspecified atom stereocenters. The van der Waals surface area contributed by atoms with E-state index in [-0.39, 0.29) is 0 Å². The smallest absolute Gasteiger partial charge is 0.0460 e. The second-order valence-electron chi connectivity index (χ2n) is 5.56. The van der Waals surface area contributed by atoms with Crippen molar-refractivity contribution in [2.75, 3.05) is 31.1 Å². The molecular weight excluding hydrogens is 272 g/mol. The fraction of sp³-hybridized carbons (Fsp3) is 0.625. The highest BCUT2D eigenvalue weighted by Gasteiger charge is 2.20. The fourth-order valence-electron chi connectivity index (χ4n) is 2.76. The van der Waals surface area contributed by atoms with Crippen LogP contribution in [0, 0.1) is 5.92 Å². The first-order chi connectivity index (χ1) is 9.74. The van der Waals surface area contributed by atoms with Crippen LogP contribution >= 0.6 is 11.6 Å². The Bertz CT molecular complexity index is 417. The minimum absolute atomic E-state index is 0.319. The first kappa shape index (κ1) is 15.6. The van der Waals surface area contributed by atoms with Crippen molar-refractivity contribution in [2.45, 2.75) is 32.7 Å². The van der Waals surface area contributed by atoms with Crippen molar-refractivity contribution in [1.29, 1.82) is 0 Å². The second kappa shape index (κ2) is 7.87. The van der Waals surface area contributed by atoms with Gasteiger partial charge in [-0.1, -0.05) is 18.5 Å². The summed E-state index contributed by atoms with van der Waals surface area (Å²) in [6.07, 6.45) is 3.28. The molecule has 0 bridgehead atoms. The minimum Gasteiger partial charge on any atom is -0.396 e. The van der Waals surface area contributed by atoms with Gasteiger partial charge in [-0.05, 0) is 55.5 Å². The molecule has 0 spiro atoms. The molecule has 20 heavy (non-hydrogen) atoms. The summed E-state index contributed by atoms with van der Waals surface area (Å²) < 4.78 is 0. The van der Waals surface area contributed by atoms with Gasteiger partial charge in [-0.2, -0.15) is 0 Å². The van der Waals surface area contributed by atoms with Gasteiger partial charge in [0.2, 0.25) is 0 Å². The summed E-state index contributed by atoms with van der Waals surface area (Å²) in [5.74, 6) is 0.472. The molecule has 1 aliphatic rings. The van der Waals surface area contributed by atoms with Crippen LogP contribution in [-0.4, -0.2) is 31.3 Å². The second-order valence-corrected chi connectivity index (χ2v) is 6.00. The first-order valence-electron chi connectivity index (χ1n) is 7.59. The molecule has 112 valence electrons. The topological polar surface area (TPSA) is 35.5 Å². The maximum atomic E-state index is 9.24. The molecule has 1 saturated heterocycles. The molecule has 0 radical (unpaired) electrons. The number of benzene rings is 1. The predicted octanol–water partition coefficient (Wildman–Crippen LogP) is 3.05. The zero-order chi connectivity index (χ0) is 14.4. The highest BCUT2D eigenvalue weighted by Crippen LogP contribution is 2.28. The highest BCUT2D eigenvalue weighted by molar-refractivity contribution is 6.30. The van der Waals surface area contributed by atoms with Crippen LogP contribution in [0.2, 0.25) is 5.02 Å². The molecule has 1 aliphatic heterocycles. The van der Waals surface area contributed by atoms with Crippen molar-refractivity contribution >= 4 is 17.3 Å². The van der Waals surface area contributed by atoms with Gasteiger partial charge in [-0.15, -0.1) is 0 Å². The van der Waals surface area contributed by atoms with Gasteiger partial charge in [-0.25, -0.2) is 0 Å². The first-order valence-corrected chi connectivity index (χ1v) is 7.97. The summed E-state index contributed by atoms with van der Waals surface area (Å²) >= 11 is 6.13. The highest BCUT2D eigenvalue weighted by atomic mass is 35.5. The Hall–Kier alpha value is -0.770. The Kier molecular flexibility index (Phi) is 6.14. The lowest BCUT2D eigenvalue weighted by Crippen LogP contribution is -2.35. The van der Waals surface area contributed by atoms with Gasteiger partial charge in [0.15, 0.2) is 0 Å². The van der Waals surface area contributed by atoms with Crippen molar-refractivity contribution in [3.05, 3.63) is 28.8 Å². The van der Waals surface area contributed by atoms with E-state index >= 15 is 0 Å². The fourth-order valence-corrected chi connectivity index (χ4v) is 2.96. The van der Waals surface area contributed by atoms with Crippen LogP contribution in [0.3, 0.4) is 0 Å². The molecule has 4 heteroatoms. The van der Waals surface area contributed by atoms with Crippen LogP contribution < -0.4 is 10.2 Å². The SMILES string of the molecule is CCCNCc1cc(Cl)ccc1N1CCC(CO)CC1. The van der Waals surface area contributed by atoms with Crippen LogP contribution in [0.5, 0.6) is 0 Å². The van der Waals surface area contributed by atoms with E-state index < -0.39 is 0 Å². The van der Waals surface area contributed by atoms with Crippen LogP contribution in [-0.2, 0) is 6.54 Å². The summed E-state index contributed by atoms with van der Waals surface area (Å²) in [4.78, 5) is 2.42. The summed E-state index contributed by atoms with van der Waals surface area (Å²) in [6, 6.07) is 6.17. The molecule has 2 rings (SSSR count). The number of piperidine rings is 1. The van der Waals surface area contributed by atoms with E-state index in [1.807, 2.05) is 6.07 Å². The number of nitrogens with one attached hydrogen (secondary N) is 1. The largest absolute Gasteiger partial charge is 0.396 e. The minimum atomic E-state index is 0.319. The zero-order valence-corrected chi connectivity index (χ0v) is 13.0. The van der Waals surface area contributed by atoms with E-state index in [9.17, 15) is 5.11 Å². The van der Waals surface area contributed by atoms with Crippen LogP contribution in [0.1, 0.15) is 31.7 Å².